The van der Waals surface area contributed by atoms with E-state index in [0.29, 0.717) is 48.8 Å². The normalized spacial score (nSPS) is 14.9. The molecular formula is C20H20FN5O2. The summed E-state index contributed by atoms with van der Waals surface area (Å²) in [6.07, 6.45) is 4.77. The summed E-state index contributed by atoms with van der Waals surface area (Å²) in [4.78, 5) is 27.1. The Hall–Kier alpha value is -2.97. The Morgan fingerprint density at radius 3 is 2.86 bits per heavy atom. The van der Waals surface area contributed by atoms with Crippen molar-refractivity contribution in [1.29, 1.82) is 0 Å². The fourth-order valence-electron chi connectivity index (χ4n) is 3.09. The van der Waals surface area contributed by atoms with E-state index in [4.69, 9.17) is 4.74 Å². The number of aromatic nitrogens is 3. The van der Waals surface area contributed by atoms with E-state index in [1.165, 1.54) is 6.07 Å². The van der Waals surface area contributed by atoms with Crippen LogP contribution in [0.5, 0.6) is 0 Å². The lowest BCUT2D eigenvalue weighted by atomic mass is 10.1. The Morgan fingerprint density at radius 2 is 2.04 bits per heavy atom. The smallest absolute Gasteiger partial charge is 0.226 e. The van der Waals surface area contributed by atoms with Crippen molar-refractivity contribution in [3.8, 4) is 11.3 Å². The summed E-state index contributed by atoms with van der Waals surface area (Å²) in [5.41, 5.74) is 1.87. The van der Waals surface area contributed by atoms with E-state index in [0.717, 1.165) is 24.7 Å². The third-order valence-electron chi connectivity index (χ3n) is 4.60. The second kappa shape index (κ2) is 8.37. The molecule has 1 aliphatic heterocycles. The number of hydrogen-bond acceptors (Lipinski definition) is 6. The summed E-state index contributed by atoms with van der Waals surface area (Å²) < 4.78 is 18.7. The highest BCUT2D eigenvalue weighted by atomic mass is 19.1. The van der Waals surface area contributed by atoms with Crippen LogP contribution in [0.2, 0.25) is 0 Å². The molecule has 28 heavy (non-hydrogen) atoms. The Bertz CT molecular complexity index is 991. The molecule has 8 heteroatoms. The lowest BCUT2D eigenvalue weighted by Crippen LogP contribution is -2.38. The zero-order valence-electron chi connectivity index (χ0n) is 15.3. The van der Waals surface area contributed by atoms with Gasteiger partial charge in [0.15, 0.2) is 0 Å². The standard InChI is InChI=1S/C20H20FN5O2/c21-16-9-15(11-22-13-16)17-2-1-14-12-23-19(10-18(14)24-17)25-20(27)3-4-26-5-7-28-8-6-26/h1-2,9-13H,3-8H2,(H,23,25,27). The van der Waals surface area contributed by atoms with Crippen molar-refractivity contribution < 1.29 is 13.9 Å². The van der Waals surface area contributed by atoms with Crippen LogP contribution in [0.25, 0.3) is 22.2 Å². The number of halogens is 1. The molecule has 0 unspecified atom stereocenters. The number of carbonyl (C=O) groups is 1. The van der Waals surface area contributed by atoms with Crippen molar-refractivity contribution in [2.24, 2.45) is 0 Å². The topological polar surface area (TPSA) is 80.2 Å². The van der Waals surface area contributed by atoms with Gasteiger partial charge in [0.05, 0.1) is 30.6 Å². The van der Waals surface area contributed by atoms with Gasteiger partial charge in [0.1, 0.15) is 11.6 Å². The second-order valence-corrected chi connectivity index (χ2v) is 6.60. The number of nitrogens with one attached hydrogen (secondary N) is 1. The van der Waals surface area contributed by atoms with Gasteiger partial charge in [-0.2, -0.15) is 0 Å². The van der Waals surface area contributed by atoms with Crippen LogP contribution in [0.3, 0.4) is 0 Å². The molecule has 1 N–H and O–H groups in total. The summed E-state index contributed by atoms with van der Waals surface area (Å²) in [5.74, 6) is -0.0623. The van der Waals surface area contributed by atoms with E-state index >= 15 is 0 Å². The molecule has 0 spiro atoms. The van der Waals surface area contributed by atoms with E-state index in [1.807, 2.05) is 6.07 Å². The number of pyridine rings is 3. The van der Waals surface area contributed by atoms with Crippen LogP contribution in [-0.2, 0) is 9.53 Å². The molecule has 0 saturated carbocycles. The fourth-order valence-corrected chi connectivity index (χ4v) is 3.09. The fraction of sp³-hybridized carbons (Fsp3) is 0.300. The molecule has 1 fully saturated rings. The van der Waals surface area contributed by atoms with E-state index in [9.17, 15) is 9.18 Å². The first-order valence-corrected chi connectivity index (χ1v) is 9.15. The first-order valence-electron chi connectivity index (χ1n) is 9.15. The van der Waals surface area contributed by atoms with Crippen LogP contribution in [0.15, 0.2) is 42.9 Å². The molecule has 1 saturated heterocycles. The molecule has 7 nitrogen and oxygen atoms in total. The Labute approximate surface area is 161 Å². The quantitative estimate of drug-likeness (QED) is 0.731. The van der Waals surface area contributed by atoms with Gasteiger partial charge in [-0.1, -0.05) is 0 Å². The molecule has 4 heterocycles. The zero-order chi connectivity index (χ0) is 19.3. The number of amides is 1. The average molecular weight is 381 g/mol. The van der Waals surface area contributed by atoms with E-state index in [-0.39, 0.29) is 5.91 Å². The lowest BCUT2D eigenvalue weighted by Gasteiger charge is -2.26. The molecule has 0 aliphatic carbocycles. The third kappa shape index (κ3) is 4.47. The first-order chi connectivity index (χ1) is 13.7. The van der Waals surface area contributed by atoms with E-state index in [1.54, 1.807) is 24.5 Å². The maximum absolute atomic E-state index is 13.4. The predicted molar refractivity (Wildman–Crippen MR) is 103 cm³/mol. The summed E-state index contributed by atoms with van der Waals surface area (Å²) in [7, 11) is 0. The van der Waals surface area contributed by atoms with Gasteiger partial charge in [0.25, 0.3) is 0 Å². The average Bonchev–Trinajstić information content (AvgIpc) is 2.72. The lowest BCUT2D eigenvalue weighted by molar-refractivity contribution is -0.116. The van der Waals surface area contributed by atoms with Gasteiger partial charge < -0.3 is 10.1 Å². The minimum Gasteiger partial charge on any atom is -0.379 e. The Kier molecular flexibility index (Phi) is 5.50. The minimum atomic E-state index is -0.414. The predicted octanol–water partition coefficient (Wildman–Crippen LogP) is 2.49. The second-order valence-electron chi connectivity index (χ2n) is 6.60. The van der Waals surface area contributed by atoms with Gasteiger partial charge in [-0.05, 0) is 18.2 Å². The number of fused-ring (bicyclic) bond motifs is 1. The largest absolute Gasteiger partial charge is 0.379 e. The molecule has 0 bridgehead atoms. The van der Waals surface area contributed by atoms with E-state index in [2.05, 4.69) is 25.2 Å². The van der Waals surface area contributed by atoms with Gasteiger partial charge >= 0.3 is 0 Å². The number of morpholine rings is 1. The van der Waals surface area contributed by atoms with Crippen molar-refractivity contribution in [1.82, 2.24) is 19.9 Å². The molecule has 3 aromatic heterocycles. The number of carbonyl (C=O) groups excluding carboxylic acids is 1. The van der Waals surface area contributed by atoms with Crippen LogP contribution < -0.4 is 5.32 Å². The van der Waals surface area contributed by atoms with Crippen LogP contribution in [0.1, 0.15) is 6.42 Å². The molecule has 0 aromatic carbocycles. The van der Waals surface area contributed by atoms with Gasteiger partial charge in [0.2, 0.25) is 5.91 Å². The maximum Gasteiger partial charge on any atom is 0.226 e. The third-order valence-corrected chi connectivity index (χ3v) is 4.60. The van der Waals surface area contributed by atoms with Gasteiger partial charge in [-0.3, -0.25) is 14.7 Å². The highest BCUT2D eigenvalue weighted by Gasteiger charge is 2.13. The van der Waals surface area contributed by atoms with Crippen molar-refractivity contribution in [2.75, 3.05) is 38.2 Å². The van der Waals surface area contributed by atoms with Crippen LogP contribution in [0.4, 0.5) is 10.2 Å². The Morgan fingerprint density at radius 1 is 1.18 bits per heavy atom. The highest BCUT2D eigenvalue weighted by molar-refractivity contribution is 5.92. The van der Waals surface area contributed by atoms with Crippen molar-refractivity contribution in [2.45, 2.75) is 6.42 Å². The summed E-state index contributed by atoms with van der Waals surface area (Å²) in [5, 5.41) is 3.65. The molecular weight excluding hydrogens is 361 g/mol. The maximum atomic E-state index is 13.4. The van der Waals surface area contributed by atoms with Crippen molar-refractivity contribution >= 4 is 22.6 Å². The summed E-state index contributed by atoms with van der Waals surface area (Å²) >= 11 is 0. The molecule has 1 aliphatic rings. The molecule has 0 radical (unpaired) electrons. The number of ether oxygens (including phenoxy) is 1. The molecule has 144 valence electrons. The van der Waals surface area contributed by atoms with Gasteiger partial charge in [-0.25, -0.2) is 14.4 Å². The zero-order valence-corrected chi connectivity index (χ0v) is 15.3. The molecule has 1 amide bonds. The number of nitrogens with zero attached hydrogens (tertiary/aromatic N) is 4. The molecule has 0 atom stereocenters. The van der Waals surface area contributed by atoms with Crippen molar-refractivity contribution in [3.05, 3.63) is 48.7 Å². The van der Waals surface area contributed by atoms with Crippen LogP contribution in [0, 0.1) is 5.82 Å². The minimum absolute atomic E-state index is 0.0937. The Balaban J connectivity index is 1.46. The summed E-state index contributed by atoms with van der Waals surface area (Å²) in [6, 6.07) is 6.76. The molecule has 4 rings (SSSR count). The highest BCUT2D eigenvalue weighted by Crippen LogP contribution is 2.22. The van der Waals surface area contributed by atoms with Crippen molar-refractivity contribution in [3.63, 3.8) is 0 Å². The summed E-state index contributed by atoms with van der Waals surface area (Å²) in [6.45, 7) is 3.81. The van der Waals surface area contributed by atoms with Gasteiger partial charge in [-0.15, -0.1) is 0 Å². The van der Waals surface area contributed by atoms with E-state index < -0.39 is 5.82 Å². The monoisotopic (exact) mass is 381 g/mol. The SMILES string of the molecule is O=C(CCN1CCOCC1)Nc1cc2nc(-c3cncc(F)c3)ccc2cn1. The number of anilines is 1. The molecule has 3 aromatic rings. The number of hydrogen-bond donors (Lipinski definition) is 1. The first kappa shape index (κ1) is 18.4. The van der Waals surface area contributed by atoms with Crippen LogP contribution >= 0.6 is 0 Å². The van der Waals surface area contributed by atoms with Gasteiger partial charge in [0, 0.05) is 55.5 Å². The van der Waals surface area contributed by atoms with Crippen LogP contribution in [-0.4, -0.2) is 58.6 Å². The number of rotatable bonds is 5.